The Morgan fingerprint density at radius 3 is 2.39 bits per heavy atom. The van der Waals surface area contributed by atoms with E-state index in [1.54, 1.807) is 18.2 Å². The Morgan fingerprint density at radius 2 is 1.74 bits per heavy atom. The molecule has 202 valence electrons. The summed E-state index contributed by atoms with van der Waals surface area (Å²) in [6.07, 6.45) is -3.29. The van der Waals surface area contributed by atoms with Gasteiger partial charge in [-0.15, -0.1) is 0 Å². The second-order valence-corrected chi connectivity index (χ2v) is 10.5. The summed E-state index contributed by atoms with van der Waals surface area (Å²) in [5.74, 6) is 0.266. The third kappa shape index (κ3) is 5.85. The number of hydrogen-bond acceptors (Lipinski definition) is 5. The molecule has 1 aliphatic rings. The van der Waals surface area contributed by atoms with Gasteiger partial charge >= 0.3 is 12.2 Å². The highest BCUT2D eigenvalue weighted by Gasteiger charge is 2.58. The van der Waals surface area contributed by atoms with Crippen LogP contribution in [0.5, 0.6) is 6.01 Å². The molecule has 0 unspecified atom stereocenters. The molecule has 0 N–H and O–H groups in total. The minimum absolute atomic E-state index is 0.112. The molecule has 5 nitrogen and oxygen atoms in total. The molecule has 0 aliphatic heterocycles. The Morgan fingerprint density at radius 1 is 1.03 bits per heavy atom. The molecule has 1 aliphatic carbocycles. The fraction of sp³-hybridized carbons (Fsp3) is 0.448. The molecule has 0 saturated heterocycles. The van der Waals surface area contributed by atoms with Gasteiger partial charge in [-0.1, -0.05) is 69.0 Å². The van der Waals surface area contributed by atoms with Crippen molar-refractivity contribution in [1.29, 1.82) is 0 Å². The molecule has 0 bridgehead atoms. The molecule has 1 heterocycles. The molecular weight excluding hydrogens is 515 g/mol. The molecule has 2 aromatic carbocycles. The zero-order valence-electron chi connectivity index (χ0n) is 21.7. The highest BCUT2D eigenvalue weighted by molar-refractivity contribution is 6.33. The second-order valence-electron chi connectivity index (χ2n) is 10.1. The van der Waals surface area contributed by atoms with Crippen LogP contribution in [0, 0.1) is 5.41 Å². The fourth-order valence-corrected chi connectivity index (χ4v) is 5.21. The van der Waals surface area contributed by atoms with E-state index in [4.69, 9.17) is 16.3 Å². The summed E-state index contributed by atoms with van der Waals surface area (Å²) in [5, 5.41) is 0.370. The predicted octanol–water partition coefficient (Wildman–Crippen LogP) is 8.01. The topological polar surface area (TPSA) is 65.0 Å². The zero-order valence-corrected chi connectivity index (χ0v) is 22.5. The molecule has 38 heavy (non-hydrogen) atoms. The minimum atomic E-state index is -4.54. The molecule has 0 amide bonds. The quantitative estimate of drug-likeness (QED) is 0.287. The van der Waals surface area contributed by atoms with Crippen LogP contribution in [0.25, 0.3) is 22.8 Å². The molecule has 0 radical (unpaired) electrons. The predicted molar refractivity (Wildman–Crippen MR) is 141 cm³/mol. The van der Waals surface area contributed by atoms with Crippen molar-refractivity contribution in [3.8, 4) is 28.8 Å². The van der Waals surface area contributed by atoms with Crippen molar-refractivity contribution in [1.82, 2.24) is 15.0 Å². The first kappa shape index (κ1) is 28.0. The van der Waals surface area contributed by atoms with E-state index in [0.717, 1.165) is 17.5 Å². The summed E-state index contributed by atoms with van der Waals surface area (Å²) in [6, 6.07) is 13.1. The number of aromatic nitrogens is 3. The van der Waals surface area contributed by atoms with Crippen LogP contribution in [-0.4, -0.2) is 34.0 Å². The van der Waals surface area contributed by atoms with Crippen molar-refractivity contribution in [3.05, 3.63) is 58.6 Å². The standard InChI is InChI=1S/C29H31ClF3N3O2/c1-18(2)20-8-7-9-21(17-20)25-34-26(36-27(35-25)38-3)22-16-19(10-12-23(22)30)11-13-24(37)28(29(31,32)33)14-5-4-6-15-28/h7-10,12,16-18H,4-6,11,13-15H2,1-3H3. The molecule has 0 spiro atoms. The highest BCUT2D eigenvalue weighted by Crippen LogP contribution is 2.50. The lowest BCUT2D eigenvalue weighted by atomic mass is 9.69. The number of nitrogens with zero attached hydrogens (tertiary/aromatic N) is 3. The minimum Gasteiger partial charge on any atom is -0.467 e. The average Bonchev–Trinajstić information content (AvgIpc) is 2.91. The van der Waals surface area contributed by atoms with Gasteiger partial charge < -0.3 is 4.74 Å². The number of ketones is 1. The van der Waals surface area contributed by atoms with Gasteiger partial charge in [0.05, 0.1) is 12.1 Å². The molecule has 1 aromatic heterocycles. The highest BCUT2D eigenvalue weighted by atomic mass is 35.5. The van der Waals surface area contributed by atoms with Crippen molar-refractivity contribution in [2.75, 3.05) is 7.11 Å². The maximum absolute atomic E-state index is 14.0. The van der Waals surface area contributed by atoms with Crippen molar-refractivity contribution in [3.63, 3.8) is 0 Å². The Balaban J connectivity index is 1.63. The zero-order chi connectivity index (χ0) is 27.5. The first-order valence-corrected chi connectivity index (χ1v) is 13.2. The van der Waals surface area contributed by atoms with Crippen LogP contribution < -0.4 is 4.74 Å². The molecule has 0 atom stereocenters. The van der Waals surface area contributed by atoms with Gasteiger partial charge in [0.25, 0.3) is 0 Å². The lowest BCUT2D eigenvalue weighted by Crippen LogP contribution is -2.46. The van der Waals surface area contributed by atoms with E-state index in [1.807, 2.05) is 24.3 Å². The molecule has 1 saturated carbocycles. The summed E-state index contributed by atoms with van der Waals surface area (Å²) in [5.41, 5.74) is 0.848. The molecule has 4 rings (SSSR count). The number of carbonyl (C=O) groups excluding carboxylic acids is 1. The van der Waals surface area contributed by atoms with Crippen LogP contribution >= 0.6 is 11.6 Å². The molecule has 3 aromatic rings. The van der Waals surface area contributed by atoms with Gasteiger partial charge in [-0.25, -0.2) is 4.98 Å². The Kier molecular flexibility index (Phi) is 8.40. The smallest absolute Gasteiger partial charge is 0.401 e. The number of aryl methyl sites for hydroxylation is 1. The monoisotopic (exact) mass is 545 g/mol. The number of hydrogen-bond donors (Lipinski definition) is 0. The Bertz CT molecular complexity index is 1300. The van der Waals surface area contributed by atoms with Crippen molar-refractivity contribution in [2.24, 2.45) is 5.41 Å². The van der Waals surface area contributed by atoms with Gasteiger partial charge in [0.2, 0.25) is 0 Å². The third-order valence-corrected chi connectivity index (χ3v) is 7.63. The molecule has 1 fully saturated rings. The van der Waals surface area contributed by atoms with Crippen LogP contribution in [0.15, 0.2) is 42.5 Å². The van der Waals surface area contributed by atoms with E-state index in [0.29, 0.717) is 40.7 Å². The van der Waals surface area contributed by atoms with Crippen LogP contribution in [0.2, 0.25) is 5.02 Å². The summed E-state index contributed by atoms with van der Waals surface area (Å²) < 4.78 is 47.2. The van der Waals surface area contributed by atoms with E-state index < -0.39 is 17.4 Å². The Hall–Kier alpha value is -3.00. The summed E-state index contributed by atoms with van der Waals surface area (Å²) in [4.78, 5) is 26.3. The lowest BCUT2D eigenvalue weighted by molar-refractivity contribution is -0.228. The number of rotatable bonds is 8. The van der Waals surface area contributed by atoms with E-state index in [9.17, 15) is 18.0 Å². The largest absolute Gasteiger partial charge is 0.467 e. The van der Waals surface area contributed by atoms with Crippen molar-refractivity contribution in [2.45, 2.75) is 70.9 Å². The van der Waals surface area contributed by atoms with Gasteiger partial charge in [-0.2, -0.15) is 23.1 Å². The summed E-state index contributed by atoms with van der Waals surface area (Å²) >= 11 is 6.50. The number of carbonyl (C=O) groups is 1. The SMILES string of the molecule is COc1nc(-c2cccc(C(C)C)c2)nc(-c2cc(CCC(=O)C3(C(F)(F)F)CCCCC3)ccc2Cl)n1. The lowest BCUT2D eigenvalue weighted by Gasteiger charge is -2.37. The third-order valence-electron chi connectivity index (χ3n) is 7.30. The van der Waals surface area contributed by atoms with Crippen molar-refractivity contribution < 1.29 is 22.7 Å². The van der Waals surface area contributed by atoms with Gasteiger partial charge in [0, 0.05) is 17.5 Å². The summed E-state index contributed by atoms with van der Waals surface area (Å²) in [6.45, 7) is 4.19. The molecule has 9 heteroatoms. The normalized spacial score (nSPS) is 15.5. The van der Waals surface area contributed by atoms with E-state index in [1.165, 1.54) is 7.11 Å². The maximum atomic E-state index is 14.0. The summed E-state index contributed by atoms with van der Waals surface area (Å²) in [7, 11) is 1.46. The van der Waals surface area contributed by atoms with E-state index in [-0.39, 0.29) is 37.5 Å². The van der Waals surface area contributed by atoms with Crippen LogP contribution in [0.1, 0.15) is 69.4 Å². The fourth-order valence-electron chi connectivity index (χ4n) is 5.01. The van der Waals surface area contributed by atoms with E-state index >= 15 is 0 Å². The average molecular weight is 546 g/mol. The van der Waals surface area contributed by atoms with Crippen LogP contribution in [0.4, 0.5) is 13.2 Å². The van der Waals surface area contributed by atoms with E-state index in [2.05, 4.69) is 28.8 Å². The van der Waals surface area contributed by atoms with Gasteiger partial charge in [-0.05, 0) is 54.5 Å². The van der Waals surface area contributed by atoms with Crippen molar-refractivity contribution >= 4 is 17.4 Å². The van der Waals surface area contributed by atoms with Crippen LogP contribution in [0.3, 0.4) is 0 Å². The number of ether oxygens (including phenoxy) is 1. The number of halogens is 4. The second kappa shape index (κ2) is 11.4. The Labute approximate surface area is 225 Å². The molecular formula is C29H31ClF3N3O2. The number of methoxy groups -OCH3 is 1. The first-order chi connectivity index (χ1) is 18.0. The number of Topliss-reactive ketones (excluding diaryl/α,β-unsaturated/α-hetero) is 1. The first-order valence-electron chi connectivity index (χ1n) is 12.8. The van der Waals surface area contributed by atoms with Gasteiger partial charge in [0.1, 0.15) is 11.2 Å². The number of alkyl halides is 3. The van der Waals surface area contributed by atoms with Gasteiger partial charge in [-0.3, -0.25) is 4.79 Å². The number of benzene rings is 2. The van der Waals surface area contributed by atoms with Gasteiger partial charge in [0.15, 0.2) is 11.6 Å². The van der Waals surface area contributed by atoms with Crippen LogP contribution in [-0.2, 0) is 11.2 Å². The maximum Gasteiger partial charge on any atom is 0.401 e.